The second-order valence-electron chi connectivity index (χ2n) is 6.67. The minimum atomic E-state index is 0.0183. The number of hydrogen-bond acceptors (Lipinski definition) is 3. The summed E-state index contributed by atoms with van der Waals surface area (Å²) >= 11 is 0. The number of carbonyl (C=O) groups excluding carboxylic acids is 1. The lowest BCUT2D eigenvalue weighted by Crippen LogP contribution is -2.30. The van der Waals surface area contributed by atoms with Crippen molar-refractivity contribution < 1.29 is 14.3 Å². The number of rotatable bonds is 7. The number of carbonyl (C=O) groups is 1. The molecule has 0 spiro atoms. The number of ether oxygens (including phenoxy) is 2. The summed E-state index contributed by atoms with van der Waals surface area (Å²) in [4.78, 5) is 15.2. The van der Waals surface area contributed by atoms with E-state index in [1.54, 1.807) is 14.2 Å². The first-order valence-corrected chi connectivity index (χ1v) is 9.21. The lowest BCUT2D eigenvalue weighted by molar-refractivity contribution is 0.0729. The van der Waals surface area contributed by atoms with Gasteiger partial charge in [-0.25, -0.2) is 0 Å². The van der Waals surface area contributed by atoms with Crippen LogP contribution in [0.5, 0.6) is 11.5 Å². The van der Waals surface area contributed by atoms with Crippen LogP contribution in [0.3, 0.4) is 0 Å². The maximum atomic E-state index is 13.3. The van der Waals surface area contributed by atoms with E-state index < -0.39 is 0 Å². The zero-order chi connectivity index (χ0) is 19.9. The molecule has 0 radical (unpaired) electrons. The van der Waals surface area contributed by atoms with Gasteiger partial charge in [0.15, 0.2) is 0 Å². The Kier molecular flexibility index (Phi) is 6.33. The van der Waals surface area contributed by atoms with Gasteiger partial charge in [-0.3, -0.25) is 4.79 Å². The first-order valence-electron chi connectivity index (χ1n) is 9.21. The van der Waals surface area contributed by atoms with E-state index in [2.05, 4.69) is 0 Å². The topological polar surface area (TPSA) is 38.8 Å². The Morgan fingerprint density at radius 3 is 1.64 bits per heavy atom. The summed E-state index contributed by atoms with van der Waals surface area (Å²) in [6.45, 7) is 3.00. The number of methoxy groups -OCH3 is 2. The monoisotopic (exact) mass is 375 g/mol. The van der Waals surface area contributed by atoms with Gasteiger partial charge in [-0.15, -0.1) is 0 Å². The molecule has 28 heavy (non-hydrogen) atoms. The van der Waals surface area contributed by atoms with Crippen molar-refractivity contribution in [3.8, 4) is 11.5 Å². The SMILES string of the molecule is COc1ccc(CN(Cc2ccc(OC)cc2)C(=O)c2ccccc2C)cc1. The van der Waals surface area contributed by atoms with Crippen LogP contribution in [0.25, 0.3) is 0 Å². The van der Waals surface area contributed by atoms with Gasteiger partial charge in [-0.1, -0.05) is 42.5 Å². The highest BCUT2D eigenvalue weighted by Gasteiger charge is 2.18. The summed E-state index contributed by atoms with van der Waals surface area (Å²) in [5.74, 6) is 1.62. The molecule has 0 aromatic heterocycles. The Bertz CT molecular complexity index is 868. The van der Waals surface area contributed by atoms with Gasteiger partial charge < -0.3 is 14.4 Å². The number of amides is 1. The molecule has 0 aliphatic carbocycles. The van der Waals surface area contributed by atoms with Gasteiger partial charge in [0, 0.05) is 18.7 Å². The normalized spacial score (nSPS) is 10.4. The summed E-state index contributed by atoms with van der Waals surface area (Å²) in [6, 6.07) is 23.3. The molecule has 0 aliphatic rings. The quantitative estimate of drug-likeness (QED) is 0.592. The lowest BCUT2D eigenvalue weighted by Gasteiger charge is -2.24. The fourth-order valence-electron chi connectivity index (χ4n) is 3.09. The predicted molar refractivity (Wildman–Crippen MR) is 111 cm³/mol. The summed E-state index contributed by atoms with van der Waals surface area (Å²) in [6.07, 6.45) is 0. The highest BCUT2D eigenvalue weighted by Crippen LogP contribution is 2.20. The van der Waals surface area contributed by atoms with E-state index in [1.807, 2.05) is 84.6 Å². The van der Waals surface area contributed by atoms with Gasteiger partial charge in [0.25, 0.3) is 5.91 Å². The smallest absolute Gasteiger partial charge is 0.254 e. The van der Waals surface area contributed by atoms with Crippen LogP contribution < -0.4 is 9.47 Å². The average molecular weight is 375 g/mol. The van der Waals surface area contributed by atoms with Crippen molar-refractivity contribution in [2.24, 2.45) is 0 Å². The van der Waals surface area contributed by atoms with Crippen molar-refractivity contribution in [2.75, 3.05) is 14.2 Å². The van der Waals surface area contributed by atoms with Gasteiger partial charge in [0.05, 0.1) is 14.2 Å². The molecule has 0 aliphatic heterocycles. The van der Waals surface area contributed by atoms with Crippen molar-refractivity contribution in [1.82, 2.24) is 4.90 Å². The predicted octanol–water partition coefficient (Wildman–Crippen LogP) is 4.85. The minimum Gasteiger partial charge on any atom is -0.497 e. The van der Waals surface area contributed by atoms with Crippen LogP contribution in [-0.4, -0.2) is 25.0 Å². The molecule has 0 heterocycles. The van der Waals surface area contributed by atoms with Crippen LogP contribution >= 0.6 is 0 Å². The van der Waals surface area contributed by atoms with Crippen LogP contribution in [0.1, 0.15) is 27.0 Å². The second-order valence-corrected chi connectivity index (χ2v) is 6.67. The highest BCUT2D eigenvalue weighted by molar-refractivity contribution is 5.95. The standard InChI is InChI=1S/C24H25NO3/c1-18-6-4-5-7-23(18)24(26)25(16-19-8-12-21(27-2)13-9-19)17-20-10-14-22(28-3)15-11-20/h4-15H,16-17H2,1-3H3. The van der Waals surface area contributed by atoms with Gasteiger partial charge in [-0.2, -0.15) is 0 Å². The first-order chi connectivity index (χ1) is 13.6. The largest absolute Gasteiger partial charge is 0.497 e. The molecule has 0 fully saturated rings. The summed E-state index contributed by atoms with van der Waals surface area (Å²) in [7, 11) is 3.29. The molecule has 4 heteroatoms. The molecule has 0 bridgehead atoms. The molecular weight excluding hydrogens is 350 g/mol. The third kappa shape index (κ3) is 4.71. The fraction of sp³-hybridized carbons (Fsp3) is 0.208. The van der Waals surface area contributed by atoms with Crippen LogP contribution in [0.4, 0.5) is 0 Å². The Hall–Kier alpha value is -3.27. The summed E-state index contributed by atoms with van der Waals surface area (Å²) < 4.78 is 10.5. The Balaban J connectivity index is 1.87. The van der Waals surface area contributed by atoms with Crippen molar-refractivity contribution in [3.63, 3.8) is 0 Å². The molecule has 4 nitrogen and oxygen atoms in total. The molecule has 0 atom stereocenters. The average Bonchev–Trinajstić information content (AvgIpc) is 2.74. The van der Waals surface area contributed by atoms with Gasteiger partial charge >= 0.3 is 0 Å². The first kappa shape index (κ1) is 19.5. The molecule has 0 unspecified atom stereocenters. The molecule has 0 saturated heterocycles. The third-order valence-corrected chi connectivity index (χ3v) is 4.73. The van der Waals surface area contributed by atoms with E-state index in [9.17, 15) is 4.79 Å². The van der Waals surface area contributed by atoms with Gasteiger partial charge in [0.2, 0.25) is 0 Å². The van der Waals surface area contributed by atoms with Crippen molar-refractivity contribution >= 4 is 5.91 Å². The van der Waals surface area contributed by atoms with Gasteiger partial charge in [0.1, 0.15) is 11.5 Å². The van der Waals surface area contributed by atoms with Crippen molar-refractivity contribution in [1.29, 1.82) is 0 Å². The minimum absolute atomic E-state index is 0.0183. The second kappa shape index (κ2) is 9.09. The van der Waals surface area contributed by atoms with Crippen molar-refractivity contribution in [2.45, 2.75) is 20.0 Å². The van der Waals surface area contributed by atoms with E-state index in [4.69, 9.17) is 9.47 Å². The van der Waals surface area contributed by atoms with Crippen LogP contribution in [-0.2, 0) is 13.1 Å². The van der Waals surface area contributed by atoms with E-state index >= 15 is 0 Å². The van der Waals surface area contributed by atoms with Crippen molar-refractivity contribution in [3.05, 3.63) is 95.1 Å². The number of hydrogen-bond donors (Lipinski definition) is 0. The zero-order valence-electron chi connectivity index (χ0n) is 16.5. The Morgan fingerprint density at radius 2 is 1.21 bits per heavy atom. The maximum absolute atomic E-state index is 13.3. The number of benzene rings is 3. The van der Waals surface area contributed by atoms with E-state index in [-0.39, 0.29) is 5.91 Å². The molecule has 3 rings (SSSR count). The fourth-order valence-corrected chi connectivity index (χ4v) is 3.09. The van der Waals surface area contributed by atoms with E-state index in [0.29, 0.717) is 13.1 Å². The van der Waals surface area contributed by atoms with Crippen LogP contribution in [0, 0.1) is 6.92 Å². The Morgan fingerprint density at radius 1 is 0.750 bits per heavy atom. The molecule has 3 aromatic rings. The lowest BCUT2D eigenvalue weighted by atomic mass is 10.1. The number of nitrogens with zero attached hydrogens (tertiary/aromatic N) is 1. The zero-order valence-corrected chi connectivity index (χ0v) is 16.5. The summed E-state index contributed by atoms with van der Waals surface area (Å²) in [5.41, 5.74) is 3.80. The number of aryl methyl sites for hydroxylation is 1. The van der Waals surface area contributed by atoms with Crippen LogP contribution in [0.2, 0.25) is 0 Å². The molecule has 0 saturated carbocycles. The van der Waals surface area contributed by atoms with E-state index in [0.717, 1.165) is 33.8 Å². The molecule has 1 amide bonds. The molecule has 144 valence electrons. The third-order valence-electron chi connectivity index (χ3n) is 4.73. The molecule has 0 N–H and O–H groups in total. The molecular formula is C24H25NO3. The molecule has 3 aromatic carbocycles. The van der Waals surface area contributed by atoms with E-state index in [1.165, 1.54) is 0 Å². The maximum Gasteiger partial charge on any atom is 0.254 e. The highest BCUT2D eigenvalue weighted by atomic mass is 16.5. The van der Waals surface area contributed by atoms with Crippen LogP contribution in [0.15, 0.2) is 72.8 Å². The Labute approximate surface area is 166 Å². The summed E-state index contributed by atoms with van der Waals surface area (Å²) in [5, 5.41) is 0. The van der Waals surface area contributed by atoms with Gasteiger partial charge in [-0.05, 0) is 53.9 Å².